The highest BCUT2D eigenvalue weighted by Gasteiger charge is 2.24. The van der Waals surface area contributed by atoms with E-state index in [9.17, 15) is 9.59 Å². The molecule has 2 N–H and O–H groups in total. The molecule has 3 rings (SSSR count). The van der Waals surface area contributed by atoms with E-state index in [1.807, 2.05) is 10.6 Å². The van der Waals surface area contributed by atoms with Gasteiger partial charge in [0.05, 0.1) is 11.5 Å². The number of hydrogen-bond donors (Lipinski definition) is 2. The molecule has 158 valence electrons. The Balaban J connectivity index is 1.62. The molecule has 2 heterocycles. The van der Waals surface area contributed by atoms with Gasteiger partial charge in [-0.25, -0.2) is 4.79 Å². The second-order valence-corrected chi connectivity index (χ2v) is 9.15. The second-order valence-electron chi connectivity index (χ2n) is 7.85. The molecule has 0 saturated heterocycles. The maximum absolute atomic E-state index is 12.5. The van der Waals surface area contributed by atoms with Crippen molar-refractivity contribution in [2.24, 2.45) is 5.92 Å². The SMILES string of the molecule is CC(C)Cn1c(SC(C)C(=O)NC(=O)NC2CCCCC2)nnc1-c1ccco1. The van der Waals surface area contributed by atoms with Crippen molar-refractivity contribution < 1.29 is 14.0 Å². The molecule has 1 aliphatic rings. The van der Waals surface area contributed by atoms with E-state index in [0.717, 1.165) is 25.7 Å². The van der Waals surface area contributed by atoms with Crippen molar-refractivity contribution in [1.29, 1.82) is 0 Å². The first-order valence-corrected chi connectivity index (χ1v) is 11.1. The van der Waals surface area contributed by atoms with Crippen molar-refractivity contribution in [2.75, 3.05) is 0 Å². The average Bonchev–Trinajstić information content (AvgIpc) is 3.32. The van der Waals surface area contributed by atoms with E-state index in [4.69, 9.17) is 4.42 Å². The summed E-state index contributed by atoms with van der Waals surface area (Å²) >= 11 is 1.28. The van der Waals surface area contributed by atoms with Crippen LogP contribution in [0.4, 0.5) is 4.79 Å². The summed E-state index contributed by atoms with van der Waals surface area (Å²) in [4.78, 5) is 24.7. The van der Waals surface area contributed by atoms with Crippen LogP contribution in [0.5, 0.6) is 0 Å². The van der Waals surface area contributed by atoms with Crippen LogP contribution >= 0.6 is 11.8 Å². The summed E-state index contributed by atoms with van der Waals surface area (Å²) < 4.78 is 7.43. The number of hydrogen-bond acceptors (Lipinski definition) is 6. The Morgan fingerprint density at radius 1 is 1.24 bits per heavy atom. The first-order valence-electron chi connectivity index (χ1n) is 10.2. The molecule has 2 aromatic heterocycles. The molecule has 3 amide bonds. The highest BCUT2D eigenvalue weighted by atomic mass is 32.2. The molecule has 29 heavy (non-hydrogen) atoms. The topological polar surface area (TPSA) is 102 Å². The summed E-state index contributed by atoms with van der Waals surface area (Å²) in [6, 6.07) is 3.37. The standard InChI is InChI=1S/C20H29N5O3S/c1-13(2)12-25-17(16-10-7-11-28-16)23-24-20(25)29-14(3)18(26)22-19(27)21-15-8-5-4-6-9-15/h7,10-11,13-15H,4-6,8-9,12H2,1-3H3,(H2,21,22,26,27). The van der Waals surface area contributed by atoms with Crippen LogP contribution in [0.25, 0.3) is 11.6 Å². The second kappa shape index (κ2) is 9.96. The molecule has 9 heteroatoms. The normalized spacial score (nSPS) is 16.0. The van der Waals surface area contributed by atoms with Gasteiger partial charge in [-0.15, -0.1) is 10.2 Å². The molecule has 1 saturated carbocycles. The van der Waals surface area contributed by atoms with Crippen LogP contribution in [0.2, 0.25) is 0 Å². The van der Waals surface area contributed by atoms with Crippen LogP contribution < -0.4 is 10.6 Å². The molecule has 1 aliphatic carbocycles. The number of amides is 3. The number of carbonyl (C=O) groups is 2. The fourth-order valence-corrected chi connectivity index (χ4v) is 4.25. The van der Waals surface area contributed by atoms with Crippen LogP contribution in [-0.2, 0) is 11.3 Å². The van der Waals surface area contributed by atoms with Gasteiger partial charge in [-0.2, -0.15) is 0 Å². The highest BCUT2D eigenvalue weighted by Crippen LogP contribution is 2.28. The summed E-state index contributed by atoms with van der Waals surface area (Å²) in [6.07, 6.45) is 6.99. The van der Waals surface area contributed by atoms with Crippen molar-refractivity contribution in [2.45, 2.75) is 75.9 Å². The predicted octanol–water partition coefficient (Wildman–Crippen LogP) is 3.83. The molecule has 2 aromatic rings. The number of nitrogens with one attached hydrogen (secondary N) is 2. The highest BCUT2D eigenvalue weighted by molar-refractivity contribution is 8.00. The zero-order chi connectivity index (χ0) is 20.8. The minimum Gasteiger partial charge on any atom is -0.461 e. The Morgan fingerprint density at radius 3 is 2.66 bits per heavy atom. The van der Waals surface area contributed by atoms with E-state index in [0.29, 0.717) is 29.2 Å². The van der Waals surface area contributed by atoms with E-state index in [1.165, 1.54) is 18.2 Å². The number of aromatic nitrogens is 3. The number of rotatable bonds is 7. The summed E-state index contributed by atoms with van der Waals surface area (Å²) in [6.45, 7) is 6.66. The van der Waals surface area contributed by atoms with Crippen molar-refractivity contribution in [1.82, 2.24) is 25.4 Å². The van der Waals surface area contributed by atoms with Crippen LogP contribution in [0.15, 0.2) is 28.0 Å². The van der Waals surface area contributed by atoms with Crippen LogP contribution in [0.1, 0.15) is 52.9 Å². The molecular weight excluding hydrogens is 390 g/mol. The molecule has 0 bridgehead atoms. The number of urea groups is 1. The van der Waals surface area contributed by atoms with Gasteiger partial charge in [-0.3, -0.25) is 14.7 Å². The lowest BCUT2D eigenvalue weighted by Gasteiger charge is -2.23. The van der Waals surface area contributed by atoms with Crippen molar-refractivity contribution >= 4 is 23.7 Å². The fraction of sp³-hybridized carbons (Fsp3) is 0.600. The molecule has 1 atom stereocenters. The molecule has 1 unspecified atom stereocenters. The van der Waals surface area contributed by atoms with Crippen LogP contribution in [0.3, 0.4) is 0 Å². The monoisotopic (exact) mass is 419 g/mol. The minimum atomic E-state index is -0.494. The van der Waals surface area contributed by atoms with Crippen LogP contribution in [0, 0.1) is 5.92 Å². The molecule has 0 spiro atoms. The van der Waals surface area contributed by atoms with Crippen molar-refractivity contribution in [3.05, 3.63) is 18.4 Å². The third kappa shape index (κ3) is 5.85. The predicted molar refractivity (Wildman–Crippen MR) is 111 cm³/mol. The fourth-order valence-electron chi connectivity index (χ4n) is 3.39. The first kappa shape index (κ1) is 21.4. The molecule has 1 fully saturated rings. The quantitative estimate of drug-likeness (QED) is 0.661. The van der Waals surface area contributed by atoms with Crippen LogP contribution in [-0.4, -0.2) is 38.0 Å². The Labute approximate surface area is 175 Å². The first-order chi connectivity index (χ1) is 13.9. The zero-order valence-corrected chi connectivity index (χ0v) is 18.0. The maximum atomic E-state index is 12.5. The summed E-state index contributed by atoms with van der Waals surface area (Å²) in [5, 5.41) is 14.0. The van der Waals surface area contributed by atoms with Gasteiger partial charge in [0.25, 0.3) is 0 Å². The zero-order valence-electron chi connectivity index (χ0n) is 17.2. The maximum Gasteiger partial charge on any atom is 0.321 e. The van der Waals surface area contributed by atoms with Crippen molar-refractivity contribution in [3.8, 4) is 11.6 Å². The lowest BCUT2D eigenvalue weighted by atomic mass is 9.96. The van der Waals surface area contributed by atoms with E-state index in [2.05, 4.69) is 34.7 Å². The van der Waals surface area contributed by atoms with Gasteiger partial charge >= 0.3 is 6.03 Å². The van der Waals surface area contributed by atoms with E-state index in [-0.39, 0.29) is 11.9 Å². The van der Waals surface area contributed by atoms with E-state index >= 15 is 0 Å². The largest absolute Gasteiger partial charge is 0.461 e. The van der Waals surface area contributed by atoms with Gasteiger partial charge in [0.2, 0.25) is 5.91 Å². The van der Waals surface area contributed by atoms with E-state index in [1.54, 1.807) is 19.3 Å². The lowest BCUT2D eigenvalue weighted by molar-refractivity contribution is -0.119. The Hall–Kier alpha value is -2.29. The molecular formula is C20H29N5O3S. The van der Waals surface area contributed by atoms with Gasteiger partial charge in [0.15, 0.2) is 16.7 Å². The number of thioether (sulfide) groups is 1. The summed E-state index contributed by atoms with van der Waals surface area (Å²) in [5.74, 6) is 1.29. The van der Waals surface area contributed by atoms with Gasteiger partial charge in [-0.1, -0.05) is 44.9 Å². The Kier molecular flexibility index (Phi) is 7.35. The Bertz CT molecular complexity index is 812. The van der Waals surface area contributed by atoms with Gasteiger partial charge < -0.3 is 9.73 Å². The van der Waals surface area contributed by atoms with Crippen molar-refractivity contribution in [3.63, 3.8) is 0 Å². The Morgan fingerprint density at radius 2 is 2.00 bits per heavy atom. The van der Waals surface area contributed by atoms with Gasteiger partial charge in [0.1, 0.15) is 0 Å². The summed E-state index contributed by atoms with van der Waals surface area (Å²) in [5.41, 5.74) is 0. The molecule has 0 radical (unpaired) electrons. The number of imide groups is 1. The molecule has 0 aromatic carbocycles. The number of nitrogens with zero attached hydrogens (tertiary/aromatic N) is 3. The average molecular weight is 420 g/mol. The third-order valence-corrected chi connectivity index (χ3v) is 5.92. The molecule has 0 aliphatic heterocycles. The lowest BCUT2D eigenvalue weighted by Crippen LogP contribution is -2.47. The minimum absolute atomic E-state index is 0.157. The molecule has 8 nitrogen and oxygen atoms in total. The summed E-state index contributed by atoms with van der Waals surface area (Å²) in [7, 11) is 0. The third-order valence-electron chi connectivity index (χ3n) is 4.83. The smallest absolute Gasteiger partial charge is 0.321 e. The van der Waals surface area contributed by atoms with Gasteiger partial charge in [-0.05, 0) is 37.8 Å². The number of carbonyl (C=O) groups excluding carboxylic acids is 2. The number of furan rings is 1. The van der Waals surface area contributed by atoms with E-state index < -0.39 is 11.3 Å². The van der Waals surface area contributed by atoms with Gasteiger partial charge in [0, 0.05) is 12.6 Å².